The highest BCUT2D eigenvalue weighted by atomic mass is 16.7. The Hall–Kier alpha value is -2.96. The summed E-state index contributed by atoms with van der Waals surface area (Å²) in [5.41, 5.74) is 7.55. The Morgan fingerprint density at radius 2 is 1.74 bits per heavy atom. The molecule has 2 atom stereocenters. The summed E-state index contributed by atoms with van der Waals surface area (Å²) in [7, 11) is 0. The van der Waals surface area contributed by atoms with Crippen molar-refractivity contribution in [2.24, 2.45) is 22.7 Å². The maximum atomic E-state index is 12.3. The molecule has 1 aromatic carbocycles. The molecule has 27 heavy (non-hydrogen) atoms. The monoisotopic (exact) mass is 369 g/mol. The zero-order valence-corrected chi connectivity index (χ0v) is 15.3. The molecule has 2 aliphatic rings. The van der Waals surface area contributed by atoms with Crippen molar-refractivity contribution in [3.8, 4) is 0 Å². The van der Waals surface area contributed by atoms with E-state index >= 15 is 0 Å². The molecule has 3 rings (SSSR count). The van der Waals surface area contributed by atoms with E-state index in [2.05, 4.69) is 5.16 Å². The van der Waals surface area contributed by atoms with Crippen molar-refractivity contribution in [2.45, 2.75) is 32.6 Å². The molecule has 2 amide bonds. The number of amides is 2. The molecule has 0 unspecified atom stereocenters. The quantitative estimate of drug-likeness (QED) is 0.206. The van der Waals surface area contributed by atoms with E-state index < -0.39 is 5.97 Å². The number of imide groups is 1. The minimum absolute atomic E-state index is 0.0509. The SMILES string of the molecule is Cc1ccc(/C(N)=N/OC(=O)CCCN2C(=O)[C@H]3CC=CC[C@@H]3C2=O)cc1. The smallest absolute Gasteiger partial charge is 0.335 e. The molecule has 7 heteroatoms. The van der Waals surface area contributed by atoms with E-state index in [1.165, 1.54) is 4.90 Å². The normalized spacial score (nSPS) is 22.1. The van der Waals surface area contributed by atoms with Gasteiger partial charge in [-0.1, -0.05) is 47.1 Å². The zero-order chi connectivity index (χ0) is 19.4. The summed E-state index contributed by atoms with van der Waals surface area (Å²) >= 11 is 0. The molecule has 1 aliphatic heterocycles. The average Bonchev–Trinajstić information content (AvgIpc) is 2.92. The van der Waals surface area contributed by atoms with Crippen LogP contribution >= 0.6 is 0 Å². The van der Waals surface area contributed by atoms with Gasteiger partial charge in [0.15, 0.2) is 5.84 Å². The second kappa shape index (κ2) is 8.16. The Morgan fingerprint density at radius 1 is 1.15 bits per heavy atom. The number of likely N-dealkylation sites (tertiary alicyclic amines) is 1. The molecule has 0 spiro atoms. The molecule has 142 valence electrons. The molecular weight excluding hydrogens is 346 g/mol. The summed E-state index contributed by atoms with van der Waals surface area (Å²) in [6.07, 6.45) is 5.51. The van der Waals surface area contributed by atoms with E-state index in [4.69, 9.17) is 10.6 Å². The molecule has 0 aromatic heterocycles. The average molecular weight is 369 g/mol. The van der Waals surface area contributed by atoms with Gasteiger partial charge in [-0.15, -0.1) is 0 Å². The molecule has 1 fully saturated rings. The van der Waals surface area contributed by atoms with Crippen LogP contribution < -0.4 is 5.73 Å². The van der Waals surface area contributed by atoms with Crippen LogP contribution in [0.15, 0.2) is 41.6 Å². The first-order valence-electron chi connectivity index (χ1n) is 9.08. The summed E-state index contributed by atoms with van der Waals surface area (Å²) in [5.74, 6) is -1.19. The number of carbonyl (C=O) groups is 3. The van der Waals surface area contributed by atoms with Crippen molar-refractivity contribution in [3.05, 3.63) is 47.5 Å². The third-order valence-electron chi connectivity index (χ3n) is 4.95. The highest BCUT2D eigenvalue weighted by molar-refractivity contribution is 6.05. The lowest BCUT2D eigenvalue weighted by Crippen LogP contribution is -2.32. The lowest BCUT2D eigenvalue weighted by atomic mass is 9.85. The number of oxime groups is 1. The minimum Gasteiger partial charge on any atom is -0.380 e. The summed E-state index contributed by atoms with van der Waals surface area (Å²) in [4.78, 5) is 42.6. The highest BCUT2D eigenvalue weighted by Gasteiger charge is 2.46. The topological polar surface area (TPSA) is 102 Å². The number of allylic oxidation sites excluding steroid dienone is 2. The number of hydrogen-bond donors (Lipinski definition) is 1. The first kappa shape index (κ1) is 18.8. The molecule has 0 saturated carbocycles. The second-order valence-electron chi connectivity index (χ2n) is 6.89. The number of fused-ring (bicyclic) bond motifs is 1. The van der Waals surface area contributed by atoms with Gasteiger partial charge in [0, 0.05) is 18.5 Å². The number of hydrogen-bond acceptors (Lipinski definition) is 5. The maximum absolute atomic E-state index is 12.3. The predicted octanol–water partition coefficient (Wildman–Crippen LogP) is 1.89. The fourth-order valence-corrected chi connectivity index (χ4v) is 3.39. The number of rotatable bonds is 6. The second-order valence-corrected chi connectivity index (χ2v) is 6.89. The predicted molar refractivity (Wildman–Crippen MR) is 99.3 cm³/mol. The molecule has 2 N–H and O–H groups in total. The van der Waals surface area contributed by atoms with Crippen molar-refractivity contribution >= 4 is 23.6 Å². The number of carbonyl (C=O) groups excluding carboxylic acids is 3. The van der Waals surface area contributed by atoms with Gasteiger partial charge in [0.2, 0.25) is 11.8 Å². The Kier molecular flexibility index (Phi) is 5.69. The largest absolute Gasteiger partial charge is 0.380 e. The standard InChI is InChI=1S/C20H23N3O4/c1-13-8-10-14(11-9-13)18(21)22-27-17(24)7-4-12-23-19(25)15-5-2-3-6-16(15)20(23)26/h2-3,8-11,15-16H,4-7,12H2,1H3,(H2,21,22)/t15-,16-/m0/s1. The summed E-state index contributed by atoms with van der Waals surface area (Å²) < 4.78 is 0. The Labute approximate surface area is 157 Å². The molecule has 1 heterocycles. The third kappa shape index (κ3) is 4.24. The van der Waals surface area contributed by atoms with Crippen LogP contribution in [-0.4, -0.2) is 35.1 Å². The van der Waals surface area contributed by atoms with Gasteiger partial charge in [-0.05, 0) is 26.2 Å². The van der Waals surface area contributed by atoms with Crippen molar-refractivity contribution < 1.29 is 19.2 Å². The number of amidine groups is 1. The highest BCUT2D eigenvalue weighted by Crippen LogP contribution is 2.35. The fourth-order valence-electron chi connectivity index (χ4n) is 3.39. The van der Waals surface area contributed by atoms with Gasteiger partial charge < -0.3 is 10.6 Å². The van der Waals surface area contributed by atoms with E-state index in [9.17, 15) is 14.4 Å². The molecule has 0 bridgehead atoms. The summed E-state index contributed by atoms with van der Waals surface area (Å²) in [6.45, 7) is 2.18. The van der Waals surface area contributed by atoms with Crippen LogP contribution in [-0.2, 0) is 19.2 Å². The molecule has 1 aromatic rings. The van der Waals surface area contributed by atoms with Crippen LogP contribution in [0, 0.1) is 18.8 Å². The van der Waals surface area contributed by atoms with Gasteiger partial charge >= 0.3 is 5.97 Å². The van der Waals surface area contributed by atoms with E-state index in [1.54, 1.807) is 12.1 Å². The third-order valence-corrected chi connectivity index (χ3v) is 4.95. The van der Waals surface area contributed by atoms with Gasteiger partial charge in [0.05, 0.1) is 11.8 Å². The molecule has 1 saturated heterocycles. The number of aryl methyl sites for hydroxylation is 1. The van der Waals surface area contributed by atoms with E-state index in [0.29, 0.717) is 24.8 Å². The van der Waals surface area contributed by atoms with Crippen LogP contribution in [0.1, 0.15) is 36.8 Å². The van der Waals surface area contributed by atoms with Gasteiger partial charge in [-0.3, -0.25) is 14.5 Å². The van der Waals surface area contributed by atoms with E-state index in [1.807, 2.05) is 31.2 Å². The van der Waals surface area contributed by atoms with Crippen molar-refractivity contribution in [1.82, 2.24) is 4.90 Å². The molecule has 7 nitrogen and oxygen atoms in total. The van der Waals surface area contributed by atoms with Gasteiger partial charge in [-0.2, -0.15) is 0 Å². The van der Waals surface area contributed by atoms with Crippen molar-refractivity contribution in [1.29, 1.82) is 0 Å². The first-order chi connectivity index (χ1) is 13.0. The van der Waals surface area contributed by atoms with Gasteiger partial charge in [-0.25, -0.2) is 4.79 Å². The maximum Gasteiger partial charge on any atom is 0.335 e. The Morgan fingerprint density at radius 3 is 2.33 bits per heavy atom. The minimum atomic E-state index is -0.553. The number of nitrogens with zero attached hydrogens (tertiary/aromatic N) is 2. The van der Waals surface area contributed by atoms with Crippen LogP contribution in [0.2, 0.25) is 0 Å². The first-order valence-corrected chi connectivity index (χ1v) is 9.08. The summed E-state index contributed by atoms with van der Waals surface area (Å²) in [6, 6.07) is 7.36. The lowest BCUT2D eigenvalue weighted by Gasteiger charge is -2.14. The van der Waals surface area contributed by atoms with Crippen LogP contribution in [0.25, 0.3) is 0 Å². The van der Waals surface area contributed by atoms with Crippen LogP contribution in [0.4, 0.5) is 0 Å². The van der Waals surface area contributed by atoms with E-state index in [0.717, 1.165) is 5.56 Å². The van der Waals surface area contributed by atoms with Crippen LogP contribution in [0.3, 0.4) is 0 Å². The summed E-state index contributed by atoms with van der Waals surface area (Å²) in [5, 5.41) is 3.65. The Balaban J connectivity index is 1.46. The van der Waals surface area contributed by atoms with Gasteiger partial charge in [0.25, 0.3) is 0 Å². The van der Waals surface area contributed by atoms with Crippen LogP contribution in [0.5, 0.6) is 0 Å². The number of benzene rings is 1. The van der Waals surface area contributed by atoms with Gasteiger partial charge in [0.1, 0.15) is 0 Å². The Bertz CT molecular complexity index is 772. The zero-order valence-electron chi connectivity index (χ0n) is 15.3. The van der Waals surface area contributed by atoms with Crippen molar-refractivity contribution in [2.75, 3.05) is 6.54 Å². The molecule has 0 radical (unpaired) electrons. The lowest BCUT2D eigenvalue weighted by molar-refractivity contribution is -0.145. The number of nitrogens with two attached hydrogens (primary N) is 1. The van der Waals surface area contributed by atoms with E-state index in [-0.39, 0.29) is 42.5 Å². The molecule has 1 aliphatic carbocycles. The van der Waals surface area contributed by atoms with Crippen molar-refractivity contribution in [3.63, 3.8) is 0 Å². The fraction of sp³-hybridized carbons (Fsp3) is 0.400. The molecular formula is C20H23N3O4.